The van der Waals surface area contributed by atoms with E-state index in [1.165, 1.54) is 44.1 Å². The van der Waals surface area contributed by atoms with Crippen LogP contribution in [0, 0.1) is 0 Å². The van der Waals surface area contributed by atoms with Crippen LogP contribution >= 0.6 is 0 Å². The summed E-state index contributed by atoms with van der Waals surface area (Å²) in [7, 11) is 6.47. The van der Waals surface area contributed by atoms with Crippen molar-refractivity contribution < 1.29 is 0 Å². The molecule has 19 heavy (non-hydrogen) atoms. The van der Waals surface area contributed by atoms with Gasteiger partial charge in [-0.25, -0.2) is 9.97 Å². The highest BCUT2D eigenvalue weighted by Gasteiger charge is 2.41. The van der Waals surface area contributed by atoms with Crippen molar-refractivity contribution in [3.63, 3.8) is 0 Å². The van der Waals surface area contributed by atoms with Gasteiger partial charge in [0, 0.05) is 23.5 Å². The zero-order valence-corrected chi connectivity index (χ0v) is 12.4. The fourth-order valence-electron chi connectivity index (χ4n) is 3.54. The van der Waals surface area contributed by atoms with Gasteiger partial charge in [0.25, 0.3) is 0 Å². The molecule has 0 radical (unpaired) electrons. The third-order valence-electron chi connectivity index (χ3n) is 4.60. The fourth-order valence-corrected chi connectivity index (χ4v) is 3.54. The largest absolute Gasteiger partial charge is 0.311 e. The molecule has 1 aromatic rings. The van der Waals surface area contributed by atoms with Gasteiger partial charge < -0.3 is 10.2 Å². The molecule has 1 aromatic heterocycles. The summed E-state index contributed by atoms with van der Waals surface area (Å²) in [5.41, 5.74) is 1.37. The average molecular weight is 262 g/mol. The molecule has 0 spiro atoms. The summed E-state index contributed by atoms with van der Waals surface area (Å²) in [6, 6.07) is 0.293. The van der Waals surface area contributed by atoms with Gasteiger partial charge in [-0.3, -0.25) is 0 Å². The average Bonchev–Trinajstić information content (AvgIpc) is 2.68. The Hall–Kier alpha value is -1.00. The Bertz CT molecular complexity index is 369. The standard InChI is InChI=1S/C15H26N4/c1-16-14(13-10-17-12-18-11-13)15(19(2)3)8-6-4-5-7-9-15/h10-12,14,16H,4-9H2,1-3H3. The predicted molar refractivity (Wildman–Crippen MR) is 78.0 cm³/mol. The van der Waals surface area contributed by atoms with Crippen LogP contribution in [0.5, 0.6) is 0 Å². The molecule has 1 N–H and O–H groups in total. The summed E-state index contributed by atoms with van der Waals surface area (Å²) in [5, 5.41) is 3.52. The first-order valence-electron chi connectivity index (χ1n) is 7.30. The fraction of sp³-hybridized carbons (Fsp3) is 0.733. The van der Waals surface area contributed by atoms with E-state index < -0.39 is 0 Å². The Morgan fingerprint density at radius 1 is 1.11 bits per heavy atom. The van der Waals surface area contributed by atoms with E-state index in [-0.39, 0.29) is 5.54 Å². The molecule has 1 aliphatic carbocycles. The highest BCUT2D eigenvalue weighted by Crippen LogP contribution is 2.40. The lowest BCUT2D eigenvalue weighted by atomic mass is 9.79. The smallest absolute Gasteiger partial charge is 0.115 e. The second-order valence-corrected chi connectivity index (χ2v) is 5.81. The summed E-state index contributed by atoms with van der Waals surface area (Å²) in [6.45, 7) is 0. The van der Waals surface area contributed by atoms with E-state index in [1.807, 2.05) is 19.4 Å². The van der Waals surface area contributed by atoms with Crippen molar-refractivity contribution in [3.05, 3.63) is 24.3 Å². The Labute approximate surface area is 116 Å². The van der Waals surface area contributed by atoms with E-state index in [2.05, 4.69) is 34.3 Å². The normalized spacial score (nSPS) is 21.1. The molecule has 2 rings (SSSR count). The number of hydrogen-bond acceptors (Lipinski definition) is 4. The highest BCUT2D eigenvalue weighted by atomic mass is 15.2. The zero-order valence-electron chi connectivity index (χ0n) is 12.4. The maximum absolute atomic E-state index is 4.19. The van der Waals surface area contributed by atoms with E-state index in [9.17, 15) is 0 Å². The van der Waals surface area contributed by atoms with Gasteiger partial charge in [-0.2, -0.15) is 0 Å². The molecule has 1 fully saturated rings. The molecule has 0 saturated heterocycles. The SMILES string of the molecule is CNC(c1cncnc1)C1(N(C)C)CCCCCC1. The van der Waals surface area contributed by atoms with Gasteiger partial charge in [-0.1, -0.05) is 25.7 Å². The minimum atomic E-state index is 0.177. The number of rotatable bonds is 4. The van der Waals surface area contributed by atoms with E-state index in [4.69, 9.17) is 0 Å². The molecule has 0 bridgehead atoms. The molecule has 0 amide bonds. The van der Waals surface area contributed by atoms with Gasteiger partial charge in [-0.05, 0) is 34.0 Å². The molecule has 106 valence electrons. The first-order chi connectivity index (χ1) is 9.20. The Balaban J connectivity index is 2.35. The number of nitrogens with one attached hydrogen (secondary N) is 1. The van der Waals surface area contributed by atoms with Crippen molar-refractivity contribution in [2.75, 3.05) is 21.1 Å². The van der Waals surface area contributed by atoms with E-state index in [0.29, 0.717) is 6.04 Å². The van der Waals surface area contributed by atoms with Crippen molar-refractivity contribution in [1.82, 2.24) is 20.2 Å². The summed E-state index contributed by atoms with van der Waals surface area (Å²) < 4.78 is 0. The second-order valence-electron chi connectivity index (χ2n) is 5.81. The first-order valence-corrected chi connectivity index (χ1v) is 7.30. The Kier molecular flexibility index (Phi) is 4.88. The van der Waals surface area contributed by atoms with Crippen molar-refractivity contribution in [1.29, 1.82) is 0 Å². The molecule has 1 saturated carbocycles. The first kappa shape index (κ1) is 14.4. The van der Waals surface area contributed by atoms with E-state index >= 15 is 0 Å². The van der Waals surface area contributed by atoms with Crippen LogP contribution in [-0.2, 0) is 0 Å². The molecule has 1 unspecified atom stereocenters. The highest BCUT2D eigenvalue weighted by molar-refractivity contribution is 5.17. The molecular weight excluding hydrogens is 236 g/mol. The molecule has 0 aromatic carbocycles. The molecule has 0 aliphatic heterocycles. The van der Waals surface area contributed by atoms with Crippen LogP contribution in [0.25, 0.3) is 0 Å². The van der Waals surface area contributed by atoms with Crippen molar-refractivity contribution in [2.45, 2.75) is 50.1 Å². The van der Waals surface area contributed by atoms with Gasteiger partial charge in [0.15, 0.2) is 0 Å². The number of nitrogens with zero attached hydrogens (tertiary/aromatic N) is 3. The number of likely N-dealkylation sites (N-methyl/N-ethyl adjacent to an activating group) is 2. The number of hydrogen-bond donors (Lipinski definition) is 1. The van der Waals surface area contributed by atoms with Gasteiger partial charge in [-0.15, -0.1) is 0 Å². The Morgan fingerprint density at radius 2 is 1.68 bits per heavy atom. The zero-order chi connectivity index (χ0) is 13.7. The summed E-state index contributed by atoms with van der Waals surface area (Å²) >= 11 is 0. The molecule has 1 heterocycles. The van der Waals surface area contributed by atoms with Gasteiger partial charge in [0.05, 0.1) is 6.04 Å². The molecular formula is C15H26N4. The summed E-state index contributed by atoms with van der Waals surface area (Å²) in [4.78, 5) is 10.8. The predicted octanol–water partition coefficient (Wildman–Crippen LogP) is 2.39. The lowest BCUT2D eigenvalue weighted by Gasteiger charge is -2.45. The Morgan fingerprint density at radius 3 is 2.16 bits per heavy atom. The minimum Gasteiger partial charge on any atom is -0.311 e. The van der Waals surface area contributed by atoms with Crippen molar-refractivity contribution >= 4 is 0 Å². The maximum Gasteiger partial charge on any atom is 0.115 e. The van der Waals surface area contributed by atoms with Gasteiger partial charge in [0.2, 0.25) is 0 Å². The van der Waals surface area contributed by atoms with Crippen LogP contribution in [0.2, 0.25) is 0 Å². The molecule has 1 aliphatic rings. The van der Waals surface area contributed by atoms with E-state index in [0.717, 1.165) is 0 Å². The van der Waals surface area contributed by atoms with E-state index in [1.54, 1.807) is 6.33 Å². The van der Waals surface area contributed by atoms with Gasteiger partial charge in [0.1, 0.15) is 6.33 Å². The van der Waals surface area contributed by atoms with Crippen LogP contribution in [0.1, 0.15) is 50.1 Å². The van der Waals surface area contributed by atoms with Crippen LogP contribution in [-0.4, -0.2) is 41.5 Å². The monoisotopic (exact) mass is 262 g/mol. The topological polar surface area (TPSA) is 41.1 Å². The number of aromatic nitrogens is 2. The van der Waals surface area contributed by atoms with Crippen LogP contribution < -0.4 is 5.32 Å². The van der Waals surface area contributed by atoms with Crippen LogP contribution in [0.15, 0.2) is 18.7 Å². The minimum absolute atomic E-state index is 0.177. The van der Waals surface area contributed by atoms with Crippen LogP contribution in [0.4, 0.5) is 0 Å². The van der Waals surface area contributed by atoms with Gasteiger partial charge >= 0.3 is 0 Å². The maximum atomic E-state index is 4.19. The van der Waals surface area contributed by atoms with Crippen LogP contribution in [0.3, 0.4) is 0 Å². The van der Waals surface area contributed by atoms with Crippen molar-refractivity contribution in [3.8, 4) is 0 Å². The molecule has 1 atom stereocenters. The third-order valence-corrected chi connectivity index (χ3v) is 4.60. The lowest BCUT2D eigenvalue weighted by Crippen LogP contribution is -2.53. The lowest BCUT2D eigenvalue weighted by molar-refractivity contribution is 0.0831. The van der Waals surface area contributed by atoms with Crippen molar-refractivity contribution in [2.24, 2.45) is 0 Å². The molecule has 4 heteroatoms. The quantitative estimate of drug-likeness (QED) is 0.846. The third kappa shape index (κ3) is 2.95. The summed E-state index contributed by atoms with van der Waals surface area (Å²) in [6.07, 6.45) is 13.3. The second kappa shape index (κ2) is 6.44. The summed E-state index contributed by atoms with van der Waals surface area (Å²) in [5.74, 6) is 0. The molecule has 4 nitrogen and oxygen atoms in total.